The molecular formula is C50H35N3. The standard InChI is InChI=1S/C50H35N3/c1-2-12-35(13-3-1)43-30-37(22-26-48(43)51-40-25-21-33-11-4-5-15-36(33)29-40)38-23-27-49(52-46-20-10-16-34-14-6-7-17-41(34)46)44(31-38)39-24-28-50-45(32-39)42-18-8-9-19-47(42)53-50/h1-32,51-53H. The average molecular weight is 678 g/mol. The first-order valence-corrected chi connectivity index (χ1v) is 18.1. The van der Waals surface area contributed by atoms with Gasteiger partial charge in [-0.15, -0.1) is 0 Å². The monoisotopic (exact) mass is 677 g/mol. The molecule has 0 aliphatic rings. The molecule has 0 bridgehead atoms. The lowest BCUT2D eigenvalue weighted by Crippen LogP contribution is -1.96. The zero-order valence-corrected chi connectivity index (χ0v) is 29.0. The lowest BCUT2D eigenvalue weighted by Gasteiger charge is -2.18. The van der Waals surface area contributed by atoms with Crippen molar-refractivity contribution in [3.8, 4) is 33.4 Å². The molecule has 3 N–H and O–H groups in total. The fourth-order valence-electron chi connectivity index (χ4n) is 7.68. The fraction of sp³-hybridized carbons (Fsp3) is 0. The first kappa shape index (κ1) is 30.7. The summed E-state index contributed by atoms with van der Waals surface area (Å²) in [5.41, 5.74) is 13.5. The zero-order chi connectivity index (χ0) is 35.1. The molecule has 0 radical (unpaired) electrons. The molecule has 10 rings (SSSR count). The molecule has 1 aromatic heterocycles. The maximum atomic E-state index is 3.84. The van der Waals surface area contributed by atoms with Crippen molar-refractivity contribution in [1.29, 1.82) is 0 Å². The fourth-order valence-corrected chi connectivity index (χ4v) is 7.68. The van der Waals surface area contributed by atoms with Crippen LogP contribution in [0.3, 0.4) is 0 Å². The van der Waals surface area contributed by atoms with E-state index in [0.29, 0.717) is 0 Å². The highest BCUT2D eigenvalue weighted by atomic mass is 14.9. The molecule has 10 aromatic rings. The molecule has 1 heterocycles. The van der Waals surface area contributed by atoms with E-state index in [1.165, 1.54) is 32.3 Å². The Hall–Kier alpha value is -7.10. The van der Waals surface area contributed by atoms with Crippen molar-refractivity contribution in [3.05, 3.63) is 194 Å². The third-order valence-electron chi connectivity index (χ3n) is 10.4. The minimum Gasteiger partial charge on any atom is -0.355 e. The van der Waals surface area contributed by atoms with Gasteiger partial charge in [0.25, 0.3) is 0 Å². The van der Waals surface area contributed by atoms with E-state index in [4.69, 9.17) is 0 Å². The van der Waals surface area contributed by atoms with Gasteiger partial charge in [-0.2, -0.15) is 0 Å². The molecule has 0 unspecified atom stereocenters. The molecule has 0 spiro atoms. The molecule has 0 atom stereocenters. The molecule has 250 valence electrons. The Balaban J connectivity index is 1.11. The minimum atomic E-state index is 1.06. The summed E-state index contributed by atoms with van der Waals surface area (Å²) in [5.74, 6) is 0. The van der Waals surface area contributed by atoms with Crippen molar-refractivity contribution in [3.63, 3.8) is 0 Å². The highest BCUT2D eigenvalue weighted by Gasteiger charge is 2.15. The van der Waals surface area contributed by atoms with E-state index in [2.05, 4.69) is 210 Å². The molecule has 0 saturated heterocycles. The predicted molar refractivity (Wildman–Crippen MR) is 227 cm³/mol. The summed E-state index contributed by atoms with van der Waals surface area (Å²) in [6, 6.07) is 69.6. The van der Waals surface area contributed by atoms with Crippen molar-refractivity contribution in [1.82, 2.24) is 4.98 Å². The maximum Gasteiger partial charge on any atom is 0.0465 e. The van der Waals surface area contributed by atoms with Crippen LogP contribution >= 0.6 is 0 Å². The van der Waals surface area contributed by atoms with Gasteiger partial charge in [0.2, 0.25) is 0 Å². The second-order valence-corrected chi connectivity index (χ2v) is 13.7. The van der Waals surface area contributed by atoms with Gasteiger partial charge in [0.1, 0.15) is 0 Å². The topological polar surface area (TPSA) is 39.9 Å². The summed E-state index contributed by atoms with van der Waals surface area (Å²) >= 11 is 0. The number of hydrogen-bond donors (Lipinski definition) is 3. The Morgan fingerprint density at radius 3 is 1.75 bits per heavy atom. The van der Waals surface area contributed by atoms with Gasteiger partial charge in [-0.25, -0.2) is 0 Å². The second-order valence-electron chi connectivity index (χ2n) is 13.7. The highest BCUT2D eigenvalue weighted by Crippen LogP contribution is 2.41. The number of hydrogen-bond acceptors (Lipinski definition) is 2. The van der Waals surface area contributed by atoms with Crippen LogP contribution in [-0.4, -0.2) is 4.98 Å². The molecule has 3 heteroatoms. The third kappa shape index (κ3) is 5.75. The number of benzene rings is 9. The first-order valence-electron chi connectivity index (χ1n) is 18.1. The van der Waals surface area contributed by atoms with E-state index >= 15 is 0 Å². The molecule has 0 amide bonds. The molecule has 0 aliphatic carbocycles. The number of H-pyrrole nitrogens is 1. The molecule has 3 nitrogen and oxygen atoms in total. The lowest BCUT2D eigenvalue weighted by atomic mass is 9.93. The number of rotatable bonds is 7. The van der Waals surface area contributed by atoms with Crippen LogP contribution in [0.2, 0.25) is 0 Å². The molecular weight excluding hydrogens is 643 g/mol. The summed E-state index contributed by atoms with van der Waals surface area (Å²) in [5, 5.41) is 14.9. The van der Waals surface area contributed by atoms with E-state index in [0.717, 1.165) is 67.2 Å². The quantitative estimate of drug-likeness (QED) is 0.157. The van der Waals surface area contributed by atoms with Crippen molar-refractivity contribution >= 4 is 66.1 Å². The normalized spacial score (nSPS) is 11.4. The van der Waals surface area contributed by atoms with E-state index in [1.54, 1.807) is 0 Å². The van der Waals surface area contributed by atoms with Crippen LogP contribution in [0.4, 0.5) is 22.7 Å². The molecule has 53 heavy (non-hydrogen) atoms. The highest BCUT2D eigenvalue weighted by molar-refractivity contribution is 6.09. The van der Waals surface area contributed by atoms with Gasteiger partial charge < -0.3 is 15.6 Å². The Kier molecular flexibility index (Phi) is 7.47. The second kappa shape index (κ2) is 12.9. The summed E-state index contributed by atoms with van der Waals surface area (Å²) in [6.45, 7) is 0. The number of aromatic amines is 1. The Bertz CT molecular complexity index is 2950. The summed E-state index contributed by atoms with van der Waals surface area (Å²) < 4.78 is 0. The van der Waals surface area contributed by atoms with Gasteiger partial charge in [0, 0.05) is 61.1 Å². The van der Waals surface area contributed by atoms with Gasteiger partial charge in [0.05, 0.1) is 0 Å². The van der Waals surface area contributed by atoms with Crippen LogP contribution in [0, 0.1) is 0 Å². The Labute approximate surface area is 308 Å². The number of para-hydroxylation sites is 1. The van der Waals surface area contributed by atoms with Gasteiger partial charge >= 0.3 is 0 Å². The van der Waals surface area contributed by atoms with Crippen LogP contribution in [0.25, 0.3) is 76.7 Å². The van der Waals surface area contributed by atoms with Gasteiger partial charge in [0.15, 0.2) is 0 Å². The Morgan fingerprint density at radius 2 is 0.925 bits per heavy atom. The summed E-state index contributed by atoms with van der Waals surface area (Å²) in [7, 11) is 0. The number of anilines is 4. The zero-order valence-electron chi connectivity index (χ0n) is 29.0. The van der Waals surface area contributed by atoms with Crippen LogP contribution in [0.5, 0.6) is 0 Å². The van der Waals surface area contributed by atoms with Crippen molar-refractivity contribution < 1.29 is 0 Å². The van der Waals surface area contributed by atoms with Crippen molar-refractivity contribution in [2.75, 3.05) is 10.6 Å². The maximum absolute atomic E-state index is 3.84. The smallest absolute Gasteiger partial charge is 0.0465 e. The van der Waals surface area contributed by atoms with Gasteiger partial charge in [-0.1, -0.05) is 133 Å². The predicted octanol–water partition coefficient (Wildman–Crippen LogP) is 14.1. The van der Waals surface area contributed by atoms with Crippen LogP contribution in [0.15, 0.2) is 194 Å². The van der Waals surface area contributed by atoms with E-state index in [-0.39, 0.29) is 0 Å². The first-order chi connectivity index (χ1) is 26.2. The van der Waals surface area contributed by atoms with Gasteiger partial charge in [-0.3, -0.25) is 0 Å². The molecule has 0 aliphatic heterocycles. The van der Waals surface area contributed by atoms with Crippen LogP contribution in [0.1, 0.15) is 0 Å². The van der Waals surface area contributed by atoms with Gasteiger partial charge in [-0.05, 0) is 99.1 Å². The lowest BCUT2D eigenvalue weighted by molar-refractivity contribution is 1.52. The summed E-state index contributed by atoms with van der Waals surface area (Å²) in [4.78, 5) is 3.60. The number of fused-ring (bicyclic) bond motifs is 5. The Morgan fingerprint density at radius 1 is 0.302 bits per heavy atom. The SMILES string of the molecule is c1ccc(-c2cc(-c3ccc(Nc4cccc5ccccc45)c(-c4ccc5[nH]c6ccccc6c5c4)c3)ccc2Nc2ccc3ccccc3c2)cc1. The molecule has 0 saturated carbocycles. The third-order valence-corrected chi connectivity index (χ3v) is 10.4. The minimum absolute atomic E-state index is 1.06. The van der Waals surface area contributed by atoms with Crippen molar-refractivity contribution in [2.45, 2.75) is 0 Å². The molecule has 9 aromatic carbocycles. The average Bonchev–Trinajstić information content (AvgIpc) is 3.60. The van der Waals surface area contributed by atoms with Crippen LogP contribution in [-0.2, 0) is 0 Å². The number of aromatic nitrogens is 1. The molecule has 0 fully saturated rings. The van der Waals surface area contributed by atoms with E-state index in [1.807, 2.05) is 0 Å². The summed E-state index contributed by atoms with van der Waals surface area (Å²) in [6.07, 6.45) is 0. The van der Waals surface area contributed by atoms with Crippen LogP contribution < -0.4 is 10.6 Å². The van der Waals surface area contributed by atoms with E-state index < -0.39 is 0 Å². The number of nitrogens with one attached hydrogen (secondary N) is 3. The van der Waals surface area contributed by atoms with E-state index in [9.17, 15) is 0 Å². The largest absolute Gasteiger partial charge is 0.355 e. The van der Waals surface area contributed by atoms with Crippen molar-refractivity contribution in [2.24, 2.45) is 0 Å².